The number of aliphatic hydroxyl groups is 1. The fourth-order valence-corrected chi connectivity index (χ4v) is 3.95. The summed E-state index contributed by atoms with van der Waals surface area (Å²) in [5.41, 5.74) is 0.603. The second kappa shape index (κ2) is 10.5. The Balaban J connectivity index is 1.94. The fraction of sp³-hybridized carbons (Fsp3) is 0.636. The molecule has 0 amide bonds. The molecule has 0 spiro atoms. The molecular formula is C22H32O3. The molecule has 0 unspecified atom stereocenters. The van der Waals surface area contributed by atoms with Crippen molar-refractivity contribution in [1.82, 2.24) is 0 Å². The van der Waals surface area contributed by atoms with Crippen molar-refractivity contribution in [3.05, 3.63) is 35.9 Å². The average Bonchev–Trinajstić information content (AvgIpc) is 2.64. The molecule has 1 N–H and O–H groups in total. The van der Waals surface area contributed by atoms with Crippen LogP contribution in [0.3, 0.4) is 0 Å². The van der Waals surface area contributed by atoms with Gasteiger partial charge in [0.15, 0.2) is 5.78 Å². The van der Waals surface area contributed by atoms with E-state index in [1.807, 2.05) is 18.2 Å². The molecule has 1 aliphatic carbocycles. The third-order valence-corrected chi connectivity index (χ3v) is 5.41. The smallest absolute Gasteiger partial charge is 0.169 e. The topological polar surface area (TPSA) is 54.4 Å². The van der Waals surface area contributed by atoms with Crippen molar-refractivity contribution in [1.29, 1.82) is 0 Å². The van der Waals surface area contributed by atoms with Gasteiger partial charge in [0.1, 0.15) is 5.78 Å². The average molecular weight is 344 g/mol. The van der Waals surface area contributed by atoms with Crippen LogP contribution < -0.4 is 0 Å². The summed E-state index contributed by atoms with van der Waals surface area (Å²) in [5, 5.41) is 10.4. The van der Waals surface area contributed by atoms with Gasteiger partial charge in [-0.15, -0.1) is 0 Å². The second-order valence-corrected chi connectivity index (χ2v) is 7.34. The highest BCUT2D eigenvalue weighted by Gasteiger charge is 2.40. The highest BCUT2D eigenvalue weighted by molar-refractivity contribution is 6.01. The summed E-state index contributed by atoms with van der Waals surface area (Å²) >= 11 is 0. The zero-order chi connectivity index (χ0) is 18.1. The third-order valence-electron chi connectivity index (χ3n) is 5.41. The number of benzene rings is 1. The summed E-state index contributed by atoms with van der Waals surface area (Å²) in [5.74, 6) is -0.784. The van der Waals surface area contributed by atoms with Gasteiger partial charge in [-0.25, -0.2) is 0 Å². The van der Waals surface area contributed by atoms with Crippen LogP contribution in [0.15, 0.2) is 30.3 Å². The highest BCUT2D eigenvalue weighted by Crippen LogP contribution is 2.34. The van der Waals surface area contributed by atoms with E-state index < -0.39 is 12.0 Å². The summed E-state index contributed by atoms with van der Waals surface area (Å²) in [6.45, 7) is 2.20. The minimum atomic E-state index is -0.694. The van der Waals surface area contributed by atoms with Crippen LogP contribution in [0, 0.1) is 11.8 Å². The molecule has 3 atom stereocenters. The molecule has 0 aliphatic heterocycles. The molecule has 25 heavy (non-hydrogen) atoms. The van der Waals surface area contributed by atoms with Crippen LogP contribution in [0.2, 0.25) is 0 Å². The van der Waals surface area contributed by atoms with Crippen LogP contribution in [-0.2, 0) is 4.79 Å². The molecule has 3 heteroatoms. The first-order valence-electron chi connectivity index (χ1n) is 9.95. The van der Waals surface area contributed by atoms with Crippen molar-refractivity contribution >= 4 is 11.6 Å². The van der Waals surface area contributed by atoms with E-state index in [0.717, 1.165) is 25.7 Å². The van der Waals surface area contributed by atoms with E-state index in [9.17, 15) is 14.7 Å². The number of carbonyl (C=O) groups excluding carboxylic acids is 2. The lowest BCUT2D eigenvalue weighted by Gasteiger charge is -2.33. The Morgan fingerprint density at radius 2 is 1.68 bits per heavy atom. The Kier molecular flexibility index (Phi) is 8.33. The minimum Gasteiger partial charge on any atom is -0.392 e. The van der Waals surface area contributed by atoms with Crippen molar-refractivity contribution < 1.29 is 14.7 Å². The van der Waals surface area contributed by atoms with Gasteiger partial charge in [0, 0.05) is 17.9 Å². The molecule has 0 aromatic heterocycles. The Hall–Kier alpha value is -1.48. The second-order valence-electron chi connectivity index (χ2n) is 7.34. The van der Waals surface area contributed by atoms with Gasteiger partial charge < -0.3 is 5.11 Å². The van der Waals surface area contributed by atoms with Gasteiger partial charge in [-0.3, -0.25) is 9.59 Å². The maximum atomic E-state index is 12.9. The van der Waals surface area contributed by atoms with Gasteiger partial charge in [-0.05, 0) is 19.3 Å². The fourth-order valence-electron chi connectivity index (χ4n) is 3.95. The summed E-state index contributed by atoms with van der Waals surface area (Å²) in [6, 6.07) is 9.08. The van der Waals surface area contributed by atoms with Crippen molar-refractivity contribution in [3.63, 3.8) is 0 Å². The summed E-state index contributed by atoms with van der Waals surface area (Å²) in [6.07, 6.45) is 8.91. The molecule has 0 saturated heterocycles. The van der Waals surface area contributed by atoms with Crippen LogP contribution >= 0.6 is 0 Å². The molecule has 1 aliphatic rings. The van der Waals surface area contributed by atoms with Gasteiger partial charge in [0.2, 0.25) is 0 Å². The van der Waals surface area contributed by atoms with Crippen molar-refractivity contribution in [3.8, 4) is 0 Å². The SMILES string of the molecule is CCCCCCCCC(=O)[C@H]1CCC[C@H](O)[C@@H]1C(=O)c1ccccc1. The first-order chi connectivity index (χ1) is 12.1. The maximum Gasteiger partial charge on any atom is 0.169 e. The molecule has 138 valence electrons. The standard InChI is InChI=1S/C22H32O3/c1-2-3-4-5-6-10-15-19(23)18-14-11-16-20(24)21(18)22(25)17-12-8-7-9-13-17/h7-9,12-13,18,20-21,24H,2-6,10-11,14-16H2,1H3/t18-,20+,21-/m1/s1. The van der Waals surface area contributed by atoms with Gasteiger partial charge in [0.25, 0.3) is 0 Å². The minimum absolute atomic E-state index is 0.0749. The van der Waals surface area contributed by atoms with Crippen LogP contribution in [0.1, 0.15) is 81.5 Å². The Labute approximate surface area is 151 Å². The lowest BCUT2D eigenvalue weighted by molar-refractivity contribution is -0.127. The van der Waals surface area contributed by atoms with Gasteiger partial charge in [-0.2, -0.15) is 0 Å². The Morgan fingerprint density at radius 1 is 1.00 bits per heavy atom. The monoisotopic (exact) mass is 344 g/mol. The lowest BCUT2D eigenvalue weighted by Crippen LogP contribution is -2.41. The molecular weight excluding hydrogens is 312 g/mol. The van der Waals surface area contributed by atoms with Gasteiger partial charge in [0.05, 0.1) is 12.0 Å². The lowest BCUT2D eigenvalue weighted by atomic mass is 9.71. The highest BCUT2D eigenvalue weighted by atomic mass is 16.3. The van der Waals surface area contributed by atoms with Crippen molar-refractivity contribution in [2.24, 2.45) is 11.8 Å². The van der Waals surface area contributed by atoms with Crippen LogP contribution in [0.5, 0.6) is 0 Å². The molecule has 0 heterocycles. The van der Waals surface area contributed by atoms with E-state index in [1.54, 1.807) is 12.1 Å². The molecule has 3 nitrogen and oxygen atoms in total. The number of Topliss-reactive ketones (excluding diaryl/α,β-unsaturated/α-hetero) is 2. The molecule has 2 rings (SSSR count). The predicted octanol–water partition coefficient (Wildman–Crippen LogP) is 4.97. The zero-order valence-corrected chi connectivity index (χ0v) is 15.5. The van der Waals surface area contributed by atoms with E-state index in [1.165, 1.54) is 25.7 Å². The number of ketones is 2. The molecule has 0 radical (unpaired) electrons. The number of hydrogen-bond acceptors (Lipinski definition) is 3. The zero-order valence-electron chi connectivity index (χ0n) is 15.5. The molecule has 1 aromatic carbocycles. The number of aliphatic hydroxyl groups excluding tert-OH is 1. The molecule has 1 aromatic rings. The summed E-state index contributed by atoms with van der Waals surface area (Å²) in [4.78, 5) is 25.6. The van der Waals surface area contributed by atoms with E-state index in [0.29, 0.717) is 18.4 Å². The normalized spacial score (nSPS) is 23.4. The van der Waals surface area contributed by atoms with Crippen molar-refractivity contribution in [2.75, 3.05) is 0 Å². The number of rotatable bonds is 10. The van der Waals surface area contributed by atoms with E-state index in [2.05, 4.69) is 6.92 Å². The quantitative estimate of drug-likeness (QED) is 0.482. The summed E-state index contributed by atoms with van der Waals surface area (Å²) in [7, 11) is 0. The van der Waals surface area contributed by atoms with E-state index >= 15 is 0 Å². The summed E-state index contributed by atoms with van der Waals surface area (Å²) < 4.78 is 0. The van der Waals surface area contributed by atoms with Crippen molar-refractivity contribution in [2.45, 2.75) is 77.2 Å². The van der Waals surface area contributed by atoms with Gasteiger partial charge >= 0.3 is 0 Å². The Morgan fingerprint density at radius 3 is 2.40 bits per heavy atom. The largest absolute Gasteiger partial charge is 0.392 e. The number of carbonyl (C=O) groups is 2. The van der Waals surface area contributed by atoms with Crippen LogP contribution in [-0.4, -0.2) is 22.8 Å². The molecule has 1 saturated carbocycles. The first kappa shape index (κ1) is 19.8. The van der Waals surface area contributed by atoms with E-state index in [4.69, 9.17) is 0 Å². The number of unbranched alkanes of at least 4 members (excludes halogenated alkanes) is 5. The maximum absolute atomic E-state index is 12.9. The third kappa shape index (κ3) is 5.78. The van der Waals surface area contributed by atoms with Crippen LogP contribution in [0.4, 0.5) is 0 Å². The van der Waals surface area contributed by atoms with E-state index in [-0.39, 0.29) is 17.5 Å². The molecule has 0 bridgehead atoms. The first-order valence-corrected chi connectivity index (χ1v) is 9.95. The molecule has 1 fully saturated rings. The predicted molar refractivity (Wildman–Crippen MR) is 101 cm³/mol. The Bertz CT molecular complexity index is 537. The number of hydrogen-bond donors (Lipinski definition) is 1. The van der Waals surface area contributed by atoms with Crippen LogP contribution in [0.25, 0.3) is 0 Å². The van der Waals surface area contributed by atoms with Gasteiger partial charge in [-0.1, -0.05) is 75.8 Å².